The van der Waals surface area contributed by atoms with Crippen molar-refractivity contribution in [2.45, 2.75) is 57.5 Å². The van der Waals surface area contributed by atoms with E-state index in [9.17, 15) is 9.90 Å². The zero-order chi connectivity index (χ0) is 16.2. The number of terminal acetylenes is 1. The highest BCUT2D eigenvalue weighted by Gasteiger charge is 2.60. The molecule has 0 radical (unpaired) electrons. The molecule has 0 saturated heterocycles. The first-order valence-electron chi connectivity index (χ1n) is 8.91. The lowest BCUT2D eigenvalue weighted by Crippen LogP contribution is -2.48. The minimum atomic E-state index is -1.00. The Morgan fingerprint density at radius 1 is 1.35 bits per heavy atom. The van der Waals surface area contributed by atoms with Gasteiger partial charge in [0.05, 0.1) is 0 Å². The Hall–Kier alpha value is -1.59. The maximum absolute atomic E-state index is 11.7. The van der Waals surface area contributed by atoms with Gasteiger partial charge in [-0.05, 0) is 73.2 Å². The molecule has 0 heterocycles. The van der Waals surface area contributed by atoms with E-state index in [-0.39, 0.29) is 11.2 Å². The van der Waals surface area contributed by atoms with Crippen molar-refractivity contribution in [3.63, 3.8) is 0 Å². The van der Waals surface area contributed by atoms with E-state index in [0.29, 0.717) is 24.7 Å². The number of ketones is 1. The van der Waals surface area contributed by atoms with E-state index in [4.69, 9.17) is 6.42 Å². The smallest absolute Gasteiger partial charge is 0.156 e. The molecule has 0 unspecified atom stereocenters. The first kappa shape index (κ1) is 15.0. The summed E-state index contributed by atoms with van der Waals surface area (Å²) >= 11 is 0. The van der Waals surface area contributed by atoms with Crippen LogP contribution in [0.2, 0.25) is 0 Å². The van der Waals surface area contributed by atoms with Crippen LogP contribution in [0, 0.1) is 29.6 Å². The molecular weight excluding hydrogens is 284 g/mol. The van der Waals surface area contributed by atoms with Gasteiger partial charge in [0.15, 0.2) is 5.78 Å². The Labute approximate surface area is 138 Å². The molecule has 1 fully saturated rings. The molecule has 0 aromatic carbocycles. The third-order valence-electron chi connectivity index (χ3n) is 6.94. The standard InChI is InChI=1S/C21H24O2/c1-3-20-11-9-17-16-8-6-15(22)13-14(16)5-7-18(17)19(20)10-12-21(20,23)4-2/h2,9,11,13,18-19,23H,3,5-8,10,12H2,1H3/t18-,19+,20-,21-/m0/s1. The van der Waals surface area contributed by atoms with Gasteiger partial charge in [0, 0.05) is 11.8 Å². The summed E-state index contributed by atoms with van der Waals surface area (Å²) in [7, 11) is 0. The van der Waals surface area contributed by atoms with E-state index in [1.54, 1.807) is 0 Å². The number of hydrogen-bond acceptors (Lipinski definition) is 2. The van der Waals surface area contributed by atoms with Crippen LogP contribution in [0.1, 0.15) is 51.9 Å². The second kappa shape index (κ2) is 4.95. The lowest BCUT2D eigenvalue weighted by molar-refractivity contribution is -0.114. The Bertz CT molecular complexity index is 702. The highest BCUT2D eigenvalue weighted by molar-refractivity contribution is 5.93. The van der Waals surface area contributed by atoms with Crippen molar-refractivity contribution >= 4 is 5.78 Å². The number of aliphatic hydroxyl groups is 1. The third-order valence-corrected chi connectivity index (χ3v) is 6.94. The van der Waals surface area contributed by atoms with E-state index in [1.807, 2.05) is 6.08 Å². The molecule has 23 heavy (non-hydrogen) atoms. The molecule has 0 aliphatic heterocycles. The molecule has 1 saturated carbocycles. The Kier molecular flexibility index (Phi) is 3.22. The number of allylic oxidation sites excluding steroid dienone is 5. The number of carbonyl (C=O) groups is 1. The first-order valence-corrected chi connectivity index (χ1v) is 8.91. The van der Waals surface area contributed by atoms with Gasteiger partial charge in [0.25, 0.3) is 0 Å². The predicted octanol–water partition coefficient (Wildman–Crippen LogP) is 3.72. The molecule has 0 bridgehead atoms. The highest BCUT2D eigenvalue weighted by atomic mass is 16.3. The van der Waals surface area contributed by atoms with Gasteiger partial charge < -0.3 is 5.11 Å². The van der Waals surface area contributed by atoms with E-state index in [2.05, 4.69) is 25.0 Å². The minimum Gasteiger partial charge on any atom is -0.377 e. The van der Waals surface area contributed by atoms with Crippen molar-refractivity contribution in [1.29, 1.82) is 0 Å². The summed E-state index contributed by atoms with van der Waals surface area (Å²) in [5.74, 6) is 3.91. The second-order valence-corrected chi connectivity index (χ2v) is 7.59. The second-order valence-electron chi connectivity index (χ2n) is 7.59. The summed E-state index contributed by atoms with van der Waals surface area (Å²) in [5.41, 5.74) is 2.80. The van der Waals surface area contributed by atoms with Crippen molar-refractivity contribution < 1.29 is 9.90 Å². The lowest BCUT2D eigenvalue weighted by atomic mass is 9.56. The fourth-order valence-electron chi connectivity index (χ4n) is 5.75. The van der Waals surface area contributed by atoms with Crippen LogP contribution in [-0.2, 0) is 4.79 Å². The van der Waals surface area contributed by atoms with Gasteiger partial charge in [-0.15, -0.1) is 6.42 Å². The van der Waals surface area contributed by atoms with Crippen molar-refractivity contribution in [2.24, 2.45) is 17.3 Å². The zero-order valence-corrected chi connectivity index (χ0v) is 13.8. The molecule has 2 heteroatoms. The van der Waals surface area contributed by atoms with Gasteiger partial charge in [-0.1, -0.05) is 25.0 Å². The van der Waals surface area contributed by atoms with Gasteiger partial charge in [-0.2, -0.15) is 0 Å². The topological polar surface area (TPSA) is 37.3 Å². The van der Waals surface area contributed by atoms with Crippen molar-refractivity contribution in [3.8, 4) is 12.3 Å². The molecule has 4 aliphatic carbocycles. The number of hydrogen-bond donors (Lipinski definition) is 1. The Balaban J connectivity index is 1.85. The lowest BCUT2D eigenvalue weighted by Gasteiger charge is -2.48. The third kappa shape index (κ3) is 1.83. The molecule has 1 N–H and O–H groups in total. The average Bonchev–Trinajstić information content (AvgIpc) is 2.88. The SMILES string of the molecule is C#C[C@]1(O)CC[C@@H]2[C@H]3CCC4=CC(=O)CCC4=C3C=C[C@@]21CC. The maximum atomic E-state index is 11.7. The minimum absolute atomic E-state index is 0.271. The molecule has 4 aliphatic rings. The van der Waals surface area contributed by atoms with Gasteiger partial charge in [0.2, 0.25) is 0 Å². The molecule has 0 aromatic rings. The molecule has 120 valence electrons. The fraction of sp³-hybridized carbons (Fsp3) is 0.571. The first-order chi connectivity index (χ1) is 11.0. The van der Waals surface area contributed by atoms with Crippen LogP contribution >= 0.6 is 0 Å². The van der Waals surface area contributed by atoms with Crippen LogP contribution in [0.25, 0.3) is 0 Å². The van der Waals surface area contributed by atoms with Gasteiger partial charge in [0.1, 0.15) is 5.60 Å². The van der Waals surface area contributed by atoms with Crippen LogP contribution in [-0.4, -0.2) is 16.5 Å². The molecule has 2 nitrogen and oxygen atoms in total. The summed E-state index contributed by atoms with van der Waals surface area (Å²) in [5, 5.41) is 11.0. The molecule has 0 aromatic heterocycles. The van der Waals surface area contributed by atoms with Gasteiger partial charge >= 0.3 is 0 Å². The zero-order valence-electron chi connectivity index (χ0n) is 13.8. The molecule has 0 amide bonds. The van der Waals surface area contributed by atoms with Crippen LogP contribution in [0.4, 0.5) is 0 Å². The van der Waals surface area contributed by atoms with Crippen LogP contribution in [0.3, 0.4) is 0 Å². The van der Waals surface area contributed by atoms with Crippen molar-refractivity contribution in [1.82, 2.24) is 0 Å². The van der Waals surface area contributed by atoms with E-state index < -0.39 is 5.60 Å². The van der Waals surface area contributed by atoms with Crippen molar-refractivity contribution in [2.75, 3.05) is 0 Å². The normalized spacial score (nSPS) is 41.8. The van der Waals surface area contributed by atoms with Gasteiger partial charge in [-0.3, -0.25) is 4.79 Å². The molecule has 0 spiro atoms. The monoisotopic (exact) mass is 308 g/mol. The Morgan fingerprint density at radius 2 is 2.17 bits per heavy atom. The number of carbonyl (C=O) groups excluding carboxylic acids is 1. The van der Waals surface area contributed by atoms with Crippen LogP contribution in [0.5, 0.6) is 0 Å². The molecule has 4 rings (SSSR count). The fourth-order valence-corrected chi connectivity index (χ4v) is 5.75. The summed E-state index contributed by atoms with van der Waals surface area (Å²) in [6.45, 7) is 2.15. The summed E-state index contributed by atoms with van der Waals surface area (Å²) < 4.78 is 0. The van der Waals surface area contributed by atoms with Crippen LogP contribution < -0.4 is 0 Å². The van der Waals surface area contributed by atoms with Crippen molar-refractivity contribution in [3.05, 3.63) is 34.9 Å². The summed E-state index contributed by atoms with van der Waals surface area (Å²) in [6.07, 6.45) is 18.2. The number of rotatable bonds is 1. The Morgan fingerprint density at radius 3 is 2.91 bits per heavy atom. The van der Waals surface area contributed by atoms with Crippen LogP contribution in [0.15, 0.2) is 34.9 Å². The largest absolute Gasteiger partial charge is 0.377 e. The summed E-state index contributed by atoms with van der Waals surface area (Å²) in [6, 6.07) is 0. The molecule has 4 atom stereocenters. The molecular formula is C21H24O2. The highest BCUT2D eigenvalue weighted by Crippen LogP contribution is 2.62. The average molecular weight is 308 g/mol. The van der Waals surface area contributed by atoms with E-state index in [0.717, 1.165) is 32.1 Å². The maximum Gasteiger partial charge on any atom is 0.156 e. The quantitative estimate of drug-likeness (QED) is 0.750. The van der Waals surface area contributed by atoms with Gasteiger partial charge in [-0.25, -0.2) is 0 Å². The van der Waals surface area contributed by atoms with E-state index in [1.165, 1.54) is 16.7 Å². The number of fused-ring (bicyclic) bond motifs is 4. The summed E-state index contributed by atoms with van der Waals surface area (Å²) in [4.78, 5) is 11.7. The predicted molar refractivity (Wildman–Crippen MR) is 90.4 cm³/mol. The van der Waals surface area contributed by atoms with E-state index >= 15 is 0 Å².